The fraction of sp³-hybridized carbons (Fsp3) is 0.424. The summed E-state index contributed by atoms with van der Waals surface area (Å²) in [5, 5.41) is 5.06. The van der Waals surface area contributed by atoms with Gasteiger partial charge in [0.15, 0.2) is 0 Å². The van der Waals surface area contributed by atoms with Crippen LogP contribution in [0.15, 0.2) is 41.3 Å². The van der Waals surface area contributed by atoms with E-state index < -0.39 is 57.7 Å². The first-order valence-corrected chi connectivity index (χ1v) is 15.4. The molecule has 2 amide bonds. The van der Waals surface area contributed by atoms with Gasteiger partial charge in [-0.2, -0.15) is 13.2 Å². The van der Waals surface area contributed by atoms with Gasteiger partial charge in [-0.3, -0.25) is 19.3 Å². The SMILES string of the molecule is CC1CN(c2cc(F)c(-c3cc(F)c(C(=O)NC4CCCCC4)c(F)c3)cc2NC(=O)c2c[nH]c(=O)cc2C(F)(F)F)CC(C)N1C. The van der Waals surface area contributed by atoms with Crippen LogP contribution in [0.3, 0.4) is 0 Å². The van der Waals surface area contributed by atoms with Crippen molar-refractivity contribution in [2.75, 3.05) is 30.4 Å². The number of pyridine rings is 1. The van der Waals surface area contributed by atoms with Crippen molar-refractivity contribution >= 4 is 23.2 Å². The van der Waals surface area contributed by atoms with E-state index in [1.807, 2.05) is 20.9 Å². The van der Waals surface area contributed by atoms with Gasteiger partial charge in [0.05, 0.1) is 22.5 Å². The van der Waals surface area contributed by atoms with E-state index in [1.165, 1.54) is 0 Å². The Morgan fingerprint density at radius 3 is 2.09 bits per heavy atom. The van der Waals surface area contributed by atoms with Crippen molar-refractivity contribution in [3.8, 4) is 11.1 Å². The van der Waals surface area contributed by atoms with Gasteiger partial charge in [-0.1, -0.05) is 19.3 Å². The number of nitrogens with one attached hydrogen (secondary N) is 3. The molecule has 1 aliphatic carbocycles. The van der Waals surface area contributed by atoms with E-state index in [1.54, 1.807) is 4.90 Å². The van der Waals surface area contributed by atoms with E-state index in [0.29, 0.717) is 32.1 Å². The highest BCUT2D eigenvalue weighted by atomic mass is 19.4. The summed E-state index contributed by atoms with van der Waals surface area (Å²) < 4.78 is 87.7. The summed E-state index contributed by atoms with van der Waals surface area (Å²) in [5.74, 6) is -5.56. The van der Waals surface area contributed by atoms with Crippen LogP contribution in [0.25, 0.3) is 11.1 Å². The molecule has 3 aromatic rings. The average molecular weight is 664 g/mol. The first-order chi connectivity index (χ1) is 22.1. The molecule has 5 rings (SSSR count). The van der Waals surface area contributed by atoms with Gasteiger partial charge in [0.1, 0.15) is 23.0 Å². The lowest BCUT2D eigenvalue weighted by Crippen LogP contribution is -2.55. The van der Waals surface area contributed by atoms with Crippen LogP contribution < -0.4 is 21.1 Å². The van der Waals surface area contributed by atoms with Gasteiger partial charge in [-0.05, 0) is 63.6 Å². The van der Waals surface area contributed by atoms with E-state index in [4.69, 9.17) is 0 Å². The maximum absolute atomic E-state index is 15.8. The van der Waals surface area contributed by atoms with Crippen LogP contribution in [0.1, 0.15) is 72.2 Å². The zero-order chi connectivity index (χ0) is 34.2. The average Bonchev–Trinajstić information content (AvgIpc) is 2.99. The predicted molar refractivity (Wildman–Crippen MR) is 165 cm³/mol. The molecule has 2 unspecified atom stereocenters. The molecule has 0 bridgehead atoms. The third kappa shape index (κ3) is 7.32. The molecule has 252 valence electrons. The molecule has 2 aliphatic rings. The number of hydrogen-bond acceptors (Lipinski definition) is 5. The van der Waals surface area contributed by atoms with Crippen LogP contribution in [-0.2, 0) is 6.18 Å². The molecular weight excluding hydrogens is 628 g/mol. The fourth-order valence-corrected chi connectivity index (χ4v) is 6.28. The molecule has 1 aliphatic heterocycles. The number of hydrogen-bond donors (Lipinski definition) is 3. The highest BCUT2D eigenvalue weighted by Crippen LogP contribution is 2.38. The number of anilines is 2. The van der Waals surface area contributed by atoms with Crippen LogP contribution >= 0.6 is 0 Å². The summed E-state index contributed by atoms with van der Waals surface area (Å²) in [7, 11) is 1.91. The lowest BCUT2D eigenvalue weighted by molar-refractivity contribution is -0.138. The minimum atomic E-state index is -5.04. The van der Waals surface area contributed by atoms with Crippen LogP contribution in [0.2, 0.25) is 0 Å². The quantitative estimate of drug-likeness (QED) is 0.268. The number of rotatable bonds is 6. The molecule has 3 N–H and O–H groups in total. The van der Waals surface area contributed by atoms with Crippen molar-refractivity contribution in [1.82, 2.24) is 15.2 Å². The monoisotopic (exact) mass is 663 g/mol. The van der Waals surface area contributed by atoms with E-state index >= 15 is 13.2 Å². The van der Waals surface area contributed by atoms with E-state index in [2.05, 4.69) is 20.5 Å². The molecular formula is C33H35F6N5O3. The third-order valence-corrected chi connectivity index (χ3v) is 9.03. The molecule has 1 saturated heterocycles. The summed E-state index contributed by atoms with van der Waals surface area (Å²) in [6, 6.07) is 3.71. The Balaban J connectivity index is 1.56. The zero-order valence-electron chi connectivity index (χ0n) is 26.0. The van der Waals surface area contributed by atoms with Crippen LogP contribution in [0.4, 0.5) is 37.7 Å². The second-order valence-electron chi connectivity index (χ2n) is 12.3. The lowest BCUT2D eigenvalue weighted by Gasteiger charge is -2.44. The number of benzene rings is 2. The highest BCUT2D eigenvalue weighted by molar-refractivity contribution is 6.07. The minimum Gasteiger partial charge on any atom is -0.367 e. The van der Waals surface area contributed by atoms with Gasteiger partial charge in [0.25, 0.3) is 11.8 Å². The van der Waals surface area contributed by atoms with Crippen molar-refractivity contribution in [2.24, 2.45) is 0 Å². The van der Waals surface area contributed by atoms with Gasteiger partial charge in [0, 0.05) is 49.0 Å². The summed E-state index contributed by atoms with van der Waals surface area (Å²) in [5.41, 5.74) is -4.91. The molecule has 47 heavy (non-hydrogen) atoms. The maximum atomic E-state index is 15.8. The summed E-state index contributed by atoms with van der Waals surface area (Å²) in [6.45, 7) is 4.59. The van der Waals surface area contributed by atoms with Gasteiger partial charge in [0.2, 0.25) is 5.56 Å². The number of aromatic amines is 1. The van der Waals surface area contributed by atoms with Crippen molar-refractivity contribution in [3.05, 3.63) is 81.0 Å². The topological polar surface area (TPSA) is 97.5 Å². The fourth-order valence-electron chi connectivity index (χ4n) is 6.28. The second-order valence-corrected chi connectivity index (χ2v) is 12.3. The van der Waals surface area contributed by atoms with Crippen molar-refractivity contribution in [2.45, 2.75) is 70.3 Å². The Kier molecular flexibility index (Phi) is 9.71. The lowest BCUT2D eigenvalue weighted by atomic mass is 9.95. The predicted octanol–water partition coefficient (Wildman–Crippen LogP) is 6.32. The standard InChI is InChI=1S/C33H35F6N5O3/c1-17-15-44(16-18(2)43(17)3)28-13-24(34)21(11-27(28)42-31(46)22-14-40-29(45)12-23(22)33(37,38)39)19-9-25(35)30(26(36)10-19)32(47)41-20-7-5-4-6-8-20/h9-14,17-18,20H,4-8,15-16H2,1-3H3,(H,40,45)(H,41,47)(H,42,46). The Bertz CT molecular complexity index is 1700. The van der Waals surface area contributed by atoms with Crippen molar-refractivity contribution < 1.29 is 35.9 Å². The Hall–Kier alpha value is -4.33. The van der Waals surface area contributed by atoms with Crippen LogP contribution in [0.5, 0.6) is 0 Å². The highest BCUT2D eigenvalue weighted by Gasteiger charge is 2.36. The number of nitrogens with zero attached hydrogens (tertiary/aromatic N) is 2. The molecule has 2 heterocycles. The number of carbonyl (C=O) groups is 2. The summed E-state index contributed by atoms with van der Waals surface area (Å²) in [6.07, 6.45) is -0.255. The molecule has 2 fully saturated rings. The Morgan fingerprint density at radius 2 is 1.49 bits per heavy atom. The minimum absolute atomic E-state index is 0.0310. The number of amides is 2. The molecule has 2 aromatic carbocycles. The normalized spacial score (nSPS) is 19.5. The number of aromatic nitrogens is 1. The largest absolute Gasteiger partial charge is 0.417 e. The third-order valence-electron chi connectivity index (χ3n) is 9.03. The van der Waals surface area contributed by atoms with Gasteiger partial charge in [-0.25, -0.2) is 13.2 Å². The molecule has 0 spiro atoms. The molecule has 14 heteroatoms. The summed E-state index contributed by atoms with van der Waals surface area (Å²) in [4.78, 5) is 43.7. The molecule has 1 saturated carbocycles. The Morgan fingerprint density at radius 1 is 0.872 bits per heavy atom. The number of H-pyrrole nitrogens is 1. The summed E-state index contributed by atoms with van der Waals surface area (Å²) >= 11 is 0. The number of likely N-dealkylation sites (N-methyl/N-ethyl adjacent to an activating group) is 1. The first kappa shape index (κ1) is 34.0. The number of alkyl halides is 3. The van der Waals surface area contributed by atoms with Crippen LogP contribution in [-0.4, -0.2) is 60.0 Å². The van der Waals surface area contributed by atoms with Gasteiger partial charge < -0.3 is 20.5 Å². The molecule has 8 nitrogen and oxygen atoms in total. The van der Waals surface area contributed by atoms with Crippen LogP contribution in [0, 0.1) is 17.5 Å². The second kappa shape index (κ2) is 13.4. The van der Waals surface area contributed by atoms with Gasteiger partial charge in [-0.15, -0.1) is 0 Å². The number of piperazine rings is 1. The smallest absolute Gasteiger partial charge is 0.367 e. The van der Waals surface area contributed by atoms with E-state index in [0.717, 1.165) is 43.5 Å². The van der Waals surface area contributed by atoms with E-state index in [9.17, 15) is 27.6 Å². The van der Waals surface area contributed by atoms with Gasteiger partial charge >= 0.3 is 6.18 Å². The van der Waals surface area contributed by atoms with Crippen molar-refractivity contribution in [3.63, 3.8) is 0 Å². The number of halogens is 6. The first-order valence-electron chi connectivity index (χ1n) is 15.4. The zero-order valence-corrected chi connectivity index (χ0v) is 26.0. The number of carbonyl (C=O) groups excluding carboxylic acids is 2. The molecule has 0 radical (unpaired) electrons. The Labute approximate surface area is 267 Å². The van der Waals surface area contributed by atoms with Crippen molar-refractivity contribution in [1.29, 1.82) is 0 Å². The van der Waals surface area contributed by atoms with E-state index in [-0.39, 0.29) is 46.7 Å². The molecule has 2 atom stereocenters. The maximum Gasteiger partial charge on any atom is 0.417 e. The molecule has 1 aromatic heterocycles.